The molecule has 2 unspecified atom stereocenters. The lowest BCUT2D eigenvalue weighted by molar-refractivity contribution is -0.123. The Bertz CT molecular complexity index is 494. The van der Waals surface area contributed by atoms with E-state index in [1.165, 1.54) is 128 Å². The molecule has 0 fully saturated rings. The number of nitrogens with one attached hydrogen (secondary N) is 1. The first-order chi connectivity index (χ1) is 18.2. The van der Waals surface area contributed by atoms with Crippen molar-refractivity contribution in [2.75, 3.05) is 6.61 Å². The first kappa shape index (κ1) is 36.1. The molecule has 0 radical (unpaired) electrons. The average Bonchev–Trinajstić information content (AvgIpc) is 2.90. The van der Waals surface area contributed by atoms with Gasteiger partial charge in [0.1, 0.15) is 0 Å². The molecule has 0 spiro atoms. The van der Waals surface area contributed by atoms with Crippen molar-refractivity contribution in [3.05, 3.63) is 12.2 Å². The van der Waals surface area contributed by atoms with Gasteiger partial charge in [-0.3, -0.25) is 4.79 Å². The SMILES string of the molecule is CCCCCCCCCCCCCCCCCCCCCCC/C=C/C(O)C(CO)NC(=O)CCCC. The van der Waals surface area contributed by atoms with Crippen LogP contribution in [0.2, 0.25) is 0 Å². The van der Waals surface area contributed by atoms with E-state index in [0.29, 0.717) is 6.42 Å². The molecular formula is C33H65NO3. The van der Waals surface area contributed by atoms with E-state index < -0.39 is 12.1 Å². The molecule has 0 aromatic heterocycles. The van der Waals surface area contributed by atoms with Crippen LogP contribution in [-0.4, -0.2) is 34.9 Å². The normalized spacial score (nSPS) is 13.3. The number of aliphatic hydroxyl groups is 2. The molecule has 0 rings (SSSR count). The molecule has 0 aromatic carbocycles. The van der Waals surface area contributed by atoms with Gasteiger partial charge < -0.3 is 15.5 Å². The van der Waals surface area contributed by atoms with E-state index in [4.69, 9.17) is 0 Å². The molecule has 0 saturated heterocycles. The van der Waals surface area contributed by atoms with Gasteiger partial charge in [-0.2, -0.15) is 0 Å². The fraction of sp³-hybridized carbons (Fsp3) is 0.909. The van der Waals surface area contributed by atoms with E-state index in [1.54, 1.807) is 6.08 Å². The lowest BCUT2D eigenvalue weighted by atomic mass is 10.0. The molecule has 0 aliphatic carbocycles. The lowest BCUT2D eigenvalue weighted by Gasteiger charge is -2.19. The highest BCUT2D eigenvalue weighted by atomic mass is 16.3. The number of hydrogen-bond donors (Lipinski definition) is 3. The molecule has 4 nitrogen and oxygen atoms in total. The highest BCUT2D eigenvalue weighted by molar-refractivity contribution is 5.76. The number of carbonyl (C=O) groups is 1. The summed E-state index contributed by atoms with van der Waals surface area (Å²) in [5, 5.41) is 22.4. The third-order valence-electron chi connectivity index (χ3n) is 7.52. The Kier molecular flexibility index (Phi) is 29.0. The maximum Gasteiger partial charge on any atom is 0.220 e. The average molecular weight is 524 g/mol. The van der Waals surface area contributed by atoms with Gasteiger partial charge in [-0.05, 0) is 19.3 Å². The zero-order valence-corrected chi connectivity index (χ0v) is 25.0. The molecule has 0 aliphatic rings. The minimum Gasteiger partial charge on any atom is -0.394 e. The third kappa shape index (κ3) is 26.5. The van der Waals surface area contributed by atoms with Gasteiger partial charge in [0.05, 0.1) is 18.8 Å². The Balaban J connectivity index is 3.38. The summed E-state index contributed by atoms with van der Waals surface area (Å²) in [5.74, 6) is -0.0994. The molecule has 0 saturated carbocycles. The van der Waals surface area contributed by atoms with Gasteiger partial charge in [-0.25, -0.2) is 0 Å². The second-order valence-corrected chi connectivity index (χ2v) is 11.2. The van der Waals surface area contributed by atoms with Crippen molar-refractivity contribution in [1.82, 2.24) is 5.32 Å². The number of rotatable bonds is 29. The first-order valence-electron chi connectivity index (χ1n) is 16.4. The van der Waals surface area contributed by atoms with Crippen molar-refractivity contribution in [2.24, 2.45) is 0 Å². The summed E-state index contributed by atoms with van der Waals surface area (Å²) in [6.45, 7) is 4.08. The van der Waals surface area contributed by atoms with Gasteiger partial charge in [-0.15, -0.1) is 0 Å². The fourth-order valence-corrected chi connectivity index (χ4v) is 4.92. The van der Waals surface area contributed by atoms with Crippen LogP contribution in [0.25, 0.3) is 0 Å². The number of hydrogen-bond acceptors (Lipinski definition) is 3. The van der Waals surface area contributed by atoms with E-state index in [-0.39, 0.29) is 12.5 Å². The molecule has 0 aliphatic heterocycles. The Morgan fingerprint density at radius 2 is 1.00 bits per heavy atom. The van der Waals surface area contributed by atoms with E-state index in [2.05, 4.69) is 12.2 Å². The lowest BCUT2D eigenvalue weighted by Crippen LogP contribution is -2.45. The molecular weight excluding hydrogens is 458 g/mol. The predicted octanol–water partition coefficient (Wildman–Crippen LogP) is 9.17. The van der Waals surface area contributed by atoms with Crippen LogP contribution in [0, 0.1) is 0 Å². The van der Waals surface area contributed by atoms with Crippen LogP contribution < -0.4 is 5.32 Å². The molecule has 2 atom stereocenters. The largest absolute Gasteiger partial charge is 0.394 e. The Morgan fingerprint density at radius 3 is 1.38 bits per heavy atom. The van der Waals surface area contributed by atoms with Crippen molar-refractivity contribution >= 4 is 5.91 Å². The van der Waals surface area contributed by atoms with Crippen LogP contribution in [0.3, 0.4) is 0 Å². The number of allylic oxidation sites excluding steroid dienone is 1. The predicted molar refractivity (Wildman–Crippen MR) is 161 cm³/mol. The van der Waals surface area contributed by atoms with Gasteiger partial charge in [0.2, 0.25) is 5.91 Å². The Labute approximate surface area is 231 Å². The van der Waals surface area contributed by atoms with Crippen LogP contribution in [-0.2, 0) is 4.79 Å². The molecule has 1 amide bonds. The van der Waals surface area contributed by atoms with E-state index in [1.807, 2.05) is 13.0 Å². The summed E-state index contributed by atoms with van der Waals surface area (Å²) in [6, 6.07) is -0.611. The number of carbonyl (C=O) groups excluding carboxylic acids is 1. The van der Waals surface area contributed by atoms with Crippen molar-refractivity contribution in [1.29, 1.82) is 0 Å². The van der Waals surface area contributed by atoms with Crippen molar-refractivity contribution in [3.63, 3.8) is 0 Å². The maximum atomic E-state index is 11.8. The fourth-order valence-electron chi connectivity index (χ4n) is 4.92. The molecule has 0 aromatic rings. The number of unbranched alkanes of at least 4 members (excludes halogenated alkanes) is 22. The molecule has 37 heavy (non-hydrogen) atoms. The summed E-state index contributed by atoms with van der Waals surface area (Å²) in [6.07, 6.45) is 35.3. The topological polar surface area (TPSA) is 69.6 Å². The molecule has 220 valence electrons. The summed E-state index contributed by atoms with van der Waals surface area (Å²) >= 11 is 0. The Hall–Kier alpha value is -0.870. The Morgan fingerprint density at radius 1 is 0.622 bits per heavy atom. The molecule has 0 bridgehead atoms. The minimum absolute atomic E-state index is 0.0994. The maximum absolute atomic E-state index is 11.8. The van der Waals surface area contributed by atoms with Crippen LogP contribution in [0.15, 0.2) is 12.2 Å². The molecule has 0 heterocycles. The summed E-state index contributed by atoms with van der Waals surface area (Å²) < 4.78 is 0. The van der Waals surface area contributed by atoms with Gasteiger partial charge in [0, 0.05) is 6.42 Å². The van der Waals surface area contributed by atoms with Gasteiger partial charge in [0.15, 0.2) is 0 Å². The zero-order valence-electron chi connectivity index (χ0n) is 25.0. The molecule has 4 heteroatoms. The highest BCUT2D eigenvalue weighted by Gasteiger charge is 2.17. The highest BCUT2D eigenvalue weighted by Crippen LogP contribution is 2.15. The summed E-state index contributed by atoms with van der Waals surface area (Å²) in [5.41, 5.74) is 0. The standard InChI is InChI=1S/C33H65NO3/c1-3-5-7-8-9-10-11-12-13-14-15-16-17-18-19-20-21-22-23-24-25-26-27-28-32(36)31(30-35)34-33(37)29-6-4-2/h27-28,31-32,35-36H,3-26,29-30H2,1-2H3,(H,34,37)/b28-27+. The van der Waals surface area contributed by atoms with Crippen LogP contribution in [0.4, 0.5) is 0 Å². The van der Waals surface area contributed by atoms with Crippen molar-refractivity contribution in [3.8, 4) is 0 Å². The molecule has 3 N–H and O–H groups in total. The third-order valence-corrected chi connectivity index (χ3v) is 7.52. The number of amides is 1. The van der Waals surface area contributed by atoms with E-state index in [0.717, 1.165) is 25.7 Å². The first-order valence-corrected chi connectivity index (χ1v) is 16.4. The van der Waals surface area contributed by atoms with Crippen LogP contribution >= 0.6 is 0 Å². The quantitative estimate of drug-likeness (QED) is 0.0676. The second-order valence-electron chi connectivity index (χ2n) is 11.2. The van der Waals surface area contributed by atoms with E-state index >= 15 is 0 Å². The van der Waals surface area contributed by atoms with Gasteiger partial charge in [0.25, 0.3) is 0 Å². The van der Waals surface area contributed by atoms with Gasteiger partial charge in [-0.1, -0.05) is 161 Å². The van der Waals surface area contributed by atoms with Crippen molar-refractivity contribution < 1.29 is 15.0 Å². The van der Waals surface area contributed by atoms with Crippen LogP contribution in [0.5, 0.6) is 0 Å². The minimum atomic E-state index is -0.828. The smallest absolute Gasteiger partial charge is 0.220 e. The monoisotopic (exact) mass is 523 g/mol. The zero-order chi connectivity index (χ0) is 27.2. The van der Waals surface area contributed by atoms with Crippen molar-refractivity contribution in [2.45, 2.75) is 187 Å². The van der Waals surface area contributed by atoms with E-state index in [9.17, 15) is 15.0 Å². The number of aliphatic hydroxyl groups excluding tert-OH is 2. The van der Waals surface area contributed by atoms with Gasteiger partial charge >= 0.3 is 0 Å². The van der Waals surface area contributed by atoms with Crippen LogP contribution in [0.1, 0.15) is 174 Å². The second kappa shape index (κ2) is 29.7. The summed E-state index contributed by atoms with van der Waals surface area (Å²) in [7, 11) is 0. The summed E-state index contributed by atoms with van der Waals surface area (Å²) in [4.78, 5) is 11.8.